The number of carbonyl (C=O) groups is 2. The zero-order valence-corrected chi connectivity index (χ0v) is 21.2. The fourth-order valence-electron chi connectivity index (χ4n) is 4.02. The summed E-state index contributed by atoms with van der Waals surface area (Å²) in [4.78, 5) is 22.7. The quantitative estimate of drug-likeness (QED) is 0.249. The SMILES string of the molecule is N#Cc1cc2c(OCC(O)CNC[C@H]3CCc4cc(CCC(=O)O)ccc4O3)cccc2[nH]1.O=C(O)C(F)(F)F. The number of carboxylic acids is 2. The van der Waals surface area contributed by atoms with E-state index in [1.54, 1.807) is 6.07 Å². The van der Waals surface area contributed by atoms with Crippen molar-refractivity contribution in [1.29, 1.82) is 5.26 Å². The van der Waals surface area contributed by atoms with Gasteiger partial charge in [0.2, 0.25) is 0 Å². The Bertz CT molecular complexity index is 1370. The Balaban J connectivity index is 0.000000559. The van der Waals surface area contributed by atoms with Gasteiger partial charge in [-0.1, -0.05) is 18.2 Å². The van der Waals surface area contributed by atoms with Crippen LogP contribution in [0.1, 0.15) is 29.7 Å². The molecule has 0 radical (unpaired) electrons. The van der Waals surface area contributed by atoms with Gasteiger partial charge < -0.3 is 35.1 Å². The number of ether oxygens (including phenoxy) is 2. The van der Waals surface area contributed by atoms with Crippen molar-refractivity contribution in [3.63, 3.8) is 0 Å². The monoisotopic (exact) mass is 563 g/mol. The van der Waals surface area contributed by atoms with E-state index in [2.05, 4.69) is 16.4 Å². The van der Waals surface area contributed by atoms with E-state index in [9.17, 15) is 23.1 Å². The van der Waals surface area contributed by atoms with Crippen LogP contribution in [-0.2, 0) is 22.4 Å². The van der Waals surface area contributed by atoms with Crippen LogP contribution in [0.3, 0.4) is 0 Å². The summed E-state index contributed by atoms with van der Waals surface area (Å²) in [7, 11) is 0. The second-order valence-corrected chi connectivity index (χ2v) is 9.05. The molecule has 5 N–H and O–H groups in total. The van der Waals surface area contributed by atoms with Gasteiger partial charge in [-0.2, -0.15) is 18.4 Å². The lowest BCUT2D eigenvalue weighted by atomic mass is 9.98. The Morgan fingerprint density at radius 1 is 1.23 bits per heavy atom. The molecule has 2 heterocycles. The maximum absolute atomic E-state index is 10.8. The third-order valence-corrected chi connectivity index (χ3v) is 5.95. The van der Waals surface area contributed by atoms with Crippen LogP contribution in [-0.4, -0.2) is 70.3 Å². The van der Waals surface area contributed by atoms with Gasteiger partial charge in [0.1, 0.15) is 42.1 Å². The van der Waals surface area contributed by atoms with Crippen molar-refractivity contribution >= 4 is 22.8 Å². The second kappa shape index (κ2) is 13.7. The lowest BCUT2D eigenvalue weighted by molar-refractivity contribution is -0.192. The molecule has 13 heteroatoms. The number of aromatic nitrogens is 1. The highest BCUT2D eigenvalue weighted by Gasteiger charge is 2.38. The molecule has 3 aromatic rings. The van der Waals surface area contributed by atoms with E-state index in [1.165, 1.54) is 0 Å². The van der Waals surface area contributed by atoms with Gasteiger partial charge in [0, 0.05) is 24.9 Å². The Kier molecular flexibility index (Phi) is 10.4. The molecule has 40 heavy (non-hydrogen) atoms. The molecule has 0 saturated heterocycles. The first-order valence-corrected chi connectivity index (χ1v) is 12.3. The van der Waals surface area contributed by atoms with Crippen LogP contribution in [0.25, 0.3) is 10.9 Å². The standard InChI is InChI=1S/C25H27N3O5.C2HF3O2/c26-12-18-11-21-22(28-18)2-1-3-24(21)32-15-19(29)13-27-14-20-7-6-17-10-16(5-9-25(30)31)4-8-23(17)33-20;3-2(4,5)1(6)7/h1-4,8,10-11,19-20,27-29H,5-7,9,13-15H2,(H,30,31);(H,6,7)/t19?,20-;/m1./s1. The van der Waals surface area contributed by atoms with Crippen molar-refractivity contribution in [1.82, 2.24) is 10.3 Å². The number of carboxylic acid groups (broad SMARTS) is 2. The van der Waals surface area contributed by atoms with E-state index in [1.807, 2.05) is 36.4 Å². The Hall–Kier alpha value is -4.28. The summed E-state index contributed by atoms with van der Waals surface area (Å²) in [5.74, 6) is -2.09. The lowest BCUT2D eigenvalue weighted by Crippen LogP contribution is -2.39. The Morgan fingerprint density at radius 3 is 2.65 bits per heavy atom. The highest BCUT2D eigenvalue weighted by atomic mass is 19.4. The molecule has 1 aromatic heterocycles. The highest BCUT2D eigenvalue weighted by molar-refractivity contribution is 5.87. The van der Waals surface area contributed by atoms with Gasteiger partial charge in [0.15, 0.2) is 0 Å². The molecule has 0 bridgehead atoms. The van der Waals surface area contributed by atoms with Crippen molar-refractivity contribution in [3.05, 3.63) is 59.3 Å². The largest absolute Gasteiger partial charge is 0.490 e. The molecule has 0 fully saturated rings. The third kappa shape index (κ3) is 8.89. The molecule has 4 rings (SSSR count). The average Bonchev–Trinajstić information content (AvgIpc) is 3.34. The number of halogens is 3. The van der Waals surface area contributed by atoms with Gasteiger partial charge in [0.25, 0.3) is 0 Å². The number of nitrogens with one attached hydrogen (secondary N) is 2. The molecular weight excluding hydrogens is 535 g/mol. The lowest BCUT2D eigenvalue weighted by Gasteiger charge is -2.27. The van der Waals surface area contributed by atoms with Gasteiger partial charge in [-0.25, -0.2) is 4.79 Å². The molecule has 214 valence electrons. The van der Waals surface area contributed by atoms with E-state index in [-0.39, 0.29) is 19.1 Å². The number of aryl methyl sites for hydroxylation is 2. The maximum atomic E-state index is 10.8. The minimum atomic E-state index is -5.08. The van der Waals surface area contributed by atoms with Gasteiger partial charge in [-0.05, 0) is 54.7 Å². The number of rotatable bonds is 10. The average molecular weight is 564 g/mol. The summed E-state index contributed by atoms with van der Waals surface area (Å²) in [5.41, 5.74) is 3.41. The van der Waals surface area contributed by atoms with Crippen molar-refractivity contribution in [3.8, 4) is 17.6 Å². The van der Waals surface area contributed by atoms with Crippen molar-refractivity contribution < 1.29 is 47.6 Å². The number of aliphatic carboxylic acids is 2. The second-order valence-electron chi connectivity index (χ2n) is 9.05. The van der Waals surface area contributed by atoms with E-state index in [0.29, 0.717) is 31.0 Å². The van der Waals surface area contributed by atoms with Crippen molar-refractivity contribution in [2.75, 3.05) is 19.7 Å². The fourth-order valence-corrected chi connectivity index (χ4v) is 4.02. The number of H-pyrrole nitrogens is 1. The van der Waals surface area contributed by atoms with Crippen LogP contribution in [0.2, 0.25) is 0 Å². The number of hydrogen-bond donors (Lipinski definition) is 5. The summed E-state index contributed by atoms with van der Waals surface area (Å²) < 4.78 is 43.6. The summed E-state index contributed by atoms with van der Waals surface area (Å²) >= 11 is 0. The number of fused-ring (bicyclic) bond motifs is 2. The predicted octanol–water partition coefficient (Wildman–Crippen LogP) is 3.41. The van der Waals surface area contributed by atoms with Crippen LogP contribution in [0.5, 0.6) is 11.5 Å². The normalized spacial score (nSPS) is 15.1. The molecule has 0 amide bonds. The molecular formula is C27H28F3N3O7. The Morgan fingerprint density at radius 2 is 1.98 bits per heavy atom. The minimum absolute atomic E-state index is 0.00787. The molecule has 2 atom stereocenters. The van der Waals surface area contributed by atoms with Gasteiger partial charge >= 0.3 is 18.1 Å². The van der Waals surface area contributed by atoms with Crippen molar-refractivity contribution in [2.45, 2.75) is 44.1 Å². The van der Waals surface area contributed by atoms with Crippen LogP contribution in [0.15, 0.2) is 42.5 Å². The number of nitriles is 1. The van der Waals surface area contributed by atoms with Crippen LogP contribution in [0.4, 0.5) is 13.2 Å². The molecule has 10 nitrogen and oxygen atoms in total. The molecule has 0 spiro atoms. The van der Waals surface area contributed by atoms with Crippen LogP contribution in [0, 0.1) is 11.3 Å². The molecule has 1 aliphatic rings. The number of hydrogen-bond acceptors (Lipinski definition) is 7. The van der Waals surface area contributed by atoms with Gasteiger partial charge in [-0.3, -0.25) is 4.79 Å². The number of aromatic amines is 1. The molecule has 2 aromatic carbocycles. The first-order chi connectivity index (χ1) is 19.0. The van der Waals surface area contributed by atoms with Gasteiger partial charge in [-0.15, -0.1) is 0 Å². The van der Waals surface area contributed by atoms with E-state index < -0.39 is 24.2 Å². The summed E-state index contributed by atoms with van der Waals surface area (Å²) in [6.45, 7) is 1.11. The number of nitrogens with zero attached hydrogens (tertiary/aromatic N) is 1. The Labute approximate surface area is 226 Å². The number of benzene rings is 2. The maximum Gasteiger partial charge on any atom is 0.490 e. The zero-order valence-electron chi connectivity index (χ0n) is 21.2. The van der Waals surface area contributed by atoms with Crippen LogP contribution < -0.4 is 14.8 Å². The van der Waals surface area contributed by atoms with E-state index in [0.717, 1.165) is 40.6 Å². The van der Waals surface area contributed by atoms with Crippen LogP contribution >= 0.6 is 0 Å². The first-order valence-electron chi connectivity index (χ1n) is 12.3. The summed E-state index contributed by atoms with van der Waals surface area (Å²) in [5, 5.41) is 39.4. The fraction of sp³-hybridized carbons (Fsp3) is 0.370. The number of aliphatic hydroxyl groups excluding tert-OH is 1. The summed E-state index contributed by atoms with van der Waals surface area (Å²) in [6, 6.07) is 15.2. The smallest absolute Gasteiger partial charge is 0.490 e. The number of aliphatic hydroxyl groups is 1. The predicted molar refractivity (Wildman–Crippen MR) is 136 cm³/mol. The number of alkyl halides is 3. The first kappa shape index (κ1) is 30.3. The molecule has 0 aliphatic carbocycles. The van der Waals surface area contributed by atoms with E-state index in [4.69, 9.17) is 29.7 Å². The molecule has 1 aliphatic heterocycles. The molecule has 0 saturated carbocycles. The van der Waals surface area contributed by atoms with E-state index >= 15 is 0 Å². The minimum Gasteiger partial charge on any atom is -0.490 e. The topological polar surface area (TPSA) is 165 Å². The zero-order chi connectivity index (χ0) is 29.3. The summed E-state index contributed by atoms with van der Waals surface area (Å²) in [6.07, 6.45) is -3.40. The highest BCUT2D eigenvalue weighted by Crippen LogP contribution is 2.29. The van der Waals surface area contributed by atoms with Crippen molar-refractivity contribution in [2.24, 2.45) is 0 Å². The molecule has 1 unspecified atom stereocenters. The van der Waals surface area contributed by atoms with Gasteiger partial charge in [0.05, 0.1) is 5.52 Å². The third-order valence-electron chi connectivity index (χ3n) is 5.95.